The van der Waals surface area contributed by atoms with Crippen molar-refractivity contribution in [3.8, 4) is 5.69 Å². The number of hydrogen-bond donors (Lipinski definition) is 0. The Kier molecular flexibility index (Phi) is 5.65. The normalized spacial score (nSPS) is 17.8. The smallest absolute Gasteiger partial charge is 0.123 e. The van der Waals surface area contributed by atoms with Gasteiger partial charge in [0.25, 0.3) is 0 Å². The molecule has 1 saturated heterocycles. The first-order valence-electron chi connectivity index (χ1n) is 11.1. The van der Waals surface area contributed by atoms with Gasteiger partial charge in [-0.2, -0.15) is 5.10 Å². The Labute approximate surface area is 177 Å². The molecule has 1 aromatic heterocycles. The van der Waals surface area contributed by atoms with Crippen LogP contribution in [0.4, 0.5) is 4.39 Å². The monoisotopic (exact) mass is 404 g/mol. The van der Waals surface area contributed by atoms with Gasteiger partial charge in [0.05, 0.1) is 11.4 Å². The van der Waals surface area contributed by atoms with Crippen molar-refractivity contribution >= 4 is 0 Å². The summed E-state index contributed by atoms with van der Waals surface area (Å²) in [5.41, 5.74) is 6.30. The van der Waals surface area contributed by atoms with Crippen LogP contribution in [-0.2, 0) is 25.9 Å². The van der Waals surface area contributed by atoms with Gasteiger partial charge in [0.2, 0.25) is 0 Å². The molecule has 3 aromatic rings. The minimum Gasteiger partial charge on any atom is -0.298 e. The number of aromatic nitrogens is 2. The summed E-state index contributed by atoms with van der Waals surface area (Å²) >= 11 is 0. The molecule has 5 heteroatoms. The topological polar surface area (TPSA) is 24.3 Å². The average Bonchev–Trinajstić information content (AvgIpc) is 3.30. The molecule has 0 amide bonds. The Morgan fingerprint density at radius 1 is 0.767 bits per heavy atom. The standard InChI is InChI=1S/C25H29FN4/c26-21-10-12-22(13-11-21)30-25-9-4-8-23(25)24(27-30)19-29-15-5-14-28(16-17-29)18-20-6-2-1-3-7-20/h1-3,6-7,10-13H,4-5,8-9,14-19H2. The van der Waals surface area contributed by atoms with Gasteiger partial charge in [-0.1, -0.05) is 30.3 Å². The Morgan fingerprint density at radius 3 is 2.27 bits per heavy atom. The second-order valence-electron chi connectivity index (χ2n) is 8.51. The van der Waals surface area contributed by atoms with Crippen LogP contribution in [0, 0.1) is 5.82 Å². The lowest BCUT2D eigenvalue weighted by Crippen LogP contribution is -2.30. The summed E-state index contributed by atoms with van der Waals surface area (Å²) in [6.07, 6.45) is 4.55. The predicted octanol–water partition coefficient (Wildman–Crippen LogP) is 4.21. The molecule has 1 aliphatic heterocycles. The van der Waals surface area contributed by atoms with Crippen molar-refractivity contribution in [3.05, 3.63) is 82.9 Å². The van der Waals surface area contributed by atoms with Gasteiger partial charge in [-0.3, -0.25) is 9.80 Å². The third kappa shape index (κ3) is 4.18. The molecule has 0 bridgehead atoms. The van der Waals surface area contributed by atoms with E-state index in [4.69, 9.17) is 5.10 Å². The van der Waals surface area contributed by atoms with Gasteiger partial charge in [-0.25, -0.2) is 9.07 Å². The number of rotatable bonds is 5. The quantitative estimate of drug-likeness (QED) is 0.637. The fourth-order valence-electron chi connectivity index (χ4n) is 4.83. The fourth-order valence-corrected chi connectivity index (χ4v) is 4.83. The van der Waals surface area contributed by atoms with Gasteiger partial charge in [-0.05, 0) is 74.2 Å². The molecule has 1 fully saturated rings. The minimum absolute atomic E-state index is 0.201. The Balaban J connectivity index is 1.28. The lowest BCUT2D eigenvalue weighted by Gasteiger charge is -2.21. The molecule has 0 spiro atoms. The molecule has 0 N–H and O–H groups in total. The molecule has 1 aliphatic carbocycles. The van der Waals surface area contributed by atoms with Crippen molar-refractivity contribution in [1.82, 2.24) is 19.6 Å². The van der Waals surface area contributed by atoms with Crippen LogP contribution < -0.4 is 0 Å². The highest BCUT2D eigenvalue weighted by Gasteiger charge is 2.25. The summed E-state index contributed by atoms with van der Waals surface area (Å²) in [7, 11) is 0. The minimum atomic E-state index is -0.201. The fraction of sp³-hybridized carbons (Fsp3) is 0.400. The molecular weight excluding hydrogens is 375 g/mol. The molecule has 2 aromatic carbocycles. The molecule has 0 unspecified atom stereocenters. The molecular formula is C25H29FN4. The second kappa shape index (κ2) is 8.70. The summed E-state index contributed by atoms with van der Waals surface area (Å²) in [6.45, 7) is 6.37. The first-order chi connectivity index (χ1) is 14.8. The number of benzene rings is 2. The SMILES string of the molecule is Fc1ccc(-n2nc(CN3CCCN(Cc4ccccc4)CC3)c3c2CCC3)cc1. The van der Waals surface area contributed by atoms with Crippen molar-refractivity contribution in [3.63, 3.8) is 0 Å². The van der Waals surface area contributed by atoms with Gasteiger partial charge >= 0.3 is 0 Å². The molecule has 30 heavy (non-hydrogen) atoms. The summed E-state index contributed by atoms with van der Waals surface area (Å²) in [6, 6.07) is 17.5. The van der Waals surface area contributed by atoms with Crippen LogP contribution >= 0.6 is 0 Å². The van der Waals surface area contributed by atoms with E-state index in [2.05, 4.69) is 44.8 Å². The predicted molar refractivity (Wildman–Crippen MR) is 117 cm³/mol. The third-order valence-electron chi connectivity index (χ3n) is 6.39. The van der Waals surface area contributed by atoms with Crippen molar-refractivity contribution in [1.29, 1.82) is 0 Å². The molecule has 2 heterocycles. The van der Waals surface area contributed by atoms with Crippen molar-refractivity contribution in [2.45, 2.75) is 38.8 Å². The van der Waals surface area contributed by atoms with E-state index >= 15 is 0 Å². The van der Waals surface area contributed by atoms with E-state index < -0.39 is 0 Å². The van der Waals surface area contributed by atoms with Gasteiger partial charge in [0.15, 0.2) is 0 Å². The van der Waals surface area contributed by atoms with Gasteiger partial charge in [0.1, 0.15) is 5.82 Å². The van der Waals surface area contributed by atoms with E-state index in [1.165, 1.54) is 47.5 Å². The van der Waals surface area contributed by atoms with Crippen molar-refractivity contribution in [2.75, 3.05) is 26.2 Å². The maximum Gasteiger partial charge on any atom is 0.123 e. The van der Waals surface area contributed by atoms with Gasteiger partial charge in [0, 0.05) is 31.9 Å². The van der Waals surface area contributed by atoms with E-state index in [-0.39, 0.29) is 5.82 Å². The zero-order chi connectivity index (χ0) is 20.3. The number of hydrogen-bond acceptors (Lipinski definition) is 3. The van der Waals surface area contributed by atoms with Gasteiger partial charge in [-0.15, -0.1) is 0 Å². The maximum absolute atomic E-state index is 13.4. The van der Waals surface area contributed by atoms with Crippen LogP contribution in [0.5, 0.6) is 0 Å². The van der Waals surface area contributed by atoms with Crippen LogP contribution in [0.1, 0.15) is 35.4 Å². The van der Waals surface area contributed by atoms with E-state index in [0.717, 1.165) is 57.8 Å². The van der Waals surface area contributed by atoms with Crippen LogP contribution in [0.15, 0.2) is 54.6 Å². The van der Waals surface area contributed by atoms with E-state index in [9.17, 15) is 4.39 Å². The van der Waals surface area contributed by atoms with E-state index in [1.54, 1.807) is 0 Å². The largest absolute Gasteiger partial charge is 0.298 e. The van der Waals surface area contributed by atoms with Gasteiger partial charge < -0.3 is 0 Å². The van der Waals surface area contributed by atoms with E-state index in [1.807, 2.05) is 12.1 Å². The Bertz CT molecular complexity index is 980. The molecule has 0 saturated carbocycles. The van der Waals surface area contributed by atoms with Crippen LogP contribution in [0.3, 0.4) is 0 Å². The van der Waals surface area contributed by atoms with E-state index in [0.29, 0.717) is 0 Å². The van der Waals surface area contributed by atoms with Crippen LogP contribution in [-0.4, -0.2) is 45.8 Å². The lowest BCUT2D eigenvalue weighted by molar-refractivity contribution is 0.245. The zero-order valence-corrected chi connectivity index (χ0v) is 17.4. The van der Waals surface area contributed by atoms with Crippen molar-refractivity contribution < 1.29 is 4.39 Å². The second-order valence-corrected chi connectivity index (χ2v) is 8.51. The lowest BCUT2D eigenvalue weighted by atomic mass is 10.2. The first kappa shape index (κ1) is 19.5. The Morgan fingerprint density at radius 2 is 1.50 bits per heavy atom. The maximum atomic E-state index is 13.4. The average molecular weight is 405 g/mol. The highest BCUT2D eigenvalue weighted by atomic mass is 19.1. The molecule has 156 valence electrons. The highest BCUT2D eigenvalue weighted by molar-refractivity contribution is 5.40. The molecule has 2 aliphatic rings. The summed E-state index contributed by atoms with van der Waals surface area (Å²) in [5, 5.41) is 4.98. The van der Waals surface area contributed by atoms with Crippen LogP contribution in [0.25, 0.3) is 5.69 Å². The Hall–Kier alpha value is -2.50. The highest BCUT2D eigenvalue weighted by Crippen LogP contribution is 2.29. The zero-order valence-electron chi connectivity index (χ0n) is 17.4. The molecule has 5 rings (SSSR count). The third-order valence-corrected chi connectivity index (χ3v) is 6.39. The molecule has 4 nitrogen and oxygen atoms in total. The number of fused-ring (bicyclic) bond motifs is 1. The summed E-state index contributed by atoms with van der Waals surface area (Å²) < 4.78 is 15.4. The van der Waals surface area contributed by atoms with Crippen LogP contribution in [0.2, 0.25) is 0 Å². The summed E-state index contributed by atoms with van der Waals surface area (Å²) in [5.74, 6) is -0.201. The van der Waals surface area contributed by atoms with Crippen molar-refractivity contribution in [2.24, 2.45) is 0 Å². The number of halogens is 1. The summed E-state index contributed by atoms with van der Waals surface area (Å²) in [4.78, 5) is 5.12. The first-order valence-corrected chi connectivity index (χ1v) is 11.1. The molecule has 0 radical (unpaired) electrons. The number of nitrogens with zero attached hydrogens (tertiary/aromatic N) is 4. The molecule has 0 atom stereocenters.